The summed E-state index contributed by atoms with van der Waals surface area (Å²) in [6.07, 6.45) is 13.0. The topological polar surface area (TPSA) is 79.7 Å². The van der Waals surface area contributed by atoms with Crippen LogP contribution in [-0.2, 0) is 6.54 Å². The van der Waals surface area contributed by atoms with Crippen molar-refractivity contribution in [3.8, 4) is 0 Å². The third-order valence-electron chi connectivity index (χ3n) is 8.47. The molecule has 0 aliphatic heterocycles. The Morgan fingerprint density at radius 1 is 1.09 bits per heavy atom. The van der Waals surface area contributed by atoms with Gasteiger partial charge in [0.25, 0.3) is 5.56 Å². The third kappa shape index (κ3) is 4.92. The van der Waals surface area contributed by atoms with Crippen molar-refractivity contribution in [1.82, 2.24) is 30.1 Å². The second-order valence-electron chi connectivity index (χ2n) is 10.8. The molecule has 1 aromatic carbocycles. The third-order valence-corrected chi connectivity index (χ3v) is 8.47. The van der Waals surface area contributed by atoms with Crippen molar-refractivity contribution >= 4 is 10.9 Å². The normalized spacial score (nSPS) is 18.6. The van der Waals surface area contributed by atoms with E-state index in [-0.39, 0.29) is 11.6 Å². The highest BCUT2D eigenvalue weighted by molar-refractivity contribution is 5.83. The number of nitrogens with one attached hydrogen (secondary N) is 1. The van der Waals surface area contributed by atoms with Crippen molar-refractivity contribution in [2.75, 3.05) is 0 Å². The lowest BCUT2D eigenvalue weighted by atomic mass is 9.95. The summed E-state index contributed by atoms with van der Waals surface area (Å²) in [7, 11) is 0. The molecule has 188 valence electrons. The quantitative estimate of drug-likeness (QED) is 0.436. The van der Waals surface area contributed by atoms with Crippen LogP contribution in [0.3, 0.4) is 0 Å². The summed E-state index contributed by atoms with van der Waals surface area (Å²) in [6, 6.07) is 7.36. The molecule has 7 nitrogen and oxygen atoms in total. The molecule has 2 heterocycles. The van der Waals surface area contributed by atoms with Gasteiger partial charge in [-0.3, -0.25) is 9.69 Å². The highest BCUT2D eigenvalue weighted by Crippen LogP contribution is 2.37. The average molecular weight is 477 g/mol. The van der Waals surface area contributed by atoms with Crippen LogP contribution in [0.15, 0.2) is 23.0 Å². The molecule has 5 rings (SSSR count). The molecule has 1 N–H and O–H groups in total. The second-order valence-corrected chi connectivity index (χ2v) is 10.8. The minimum Gasteiger partial charge on any atom is -0.321 e. The minimum absolute atomic E-state index is 0.0244. The summed E-state index contributed by atoms with van der Waals surface area (Å²) in [5.74, 6) is 0.995. The van der Waals surface area contributed by atoms with E-state index >= 15 is 0 Å². The smallest absolute Gasteiger partial charge is 0.252 e. The lowest BCUT2D eigenvalue weighted by Gasteiger charge is -2.36. The Balaban J connectivity index is 1.53. The number of H-pyrrole nitrogens is 1. The first kappa shape index (κ1) is 24.2. The monoisotopic (exact) mass is 476 g/mol. The Kier molecular flexibility index (Phi) is 7.32. The minimum atomic E-state index is 0.0244. The van der Waals surface area contributed by atoms with Crippen LogP contribution in [-0.4, -0.2) is 36.1 Å². The van der Waals surface area contributed by atoms with Crippen molar-refractivity contribution in [1.29, 1.82) is 0 Å². The van der Waals surface area contributed by atoms with E-state index in [1.807, 2.05) is 0 Å². The predicted molar refractivity (Wildman–Crippen MR) is 139 cm³/mol. The lowest BCUT2D eigenvalue weighted by molar-refractivity contribution is 0.105. The Labute approximate surface area is 208 Å². The van der Waals surface area contributed by atoms with E-state index in [1.165, 1.54) is 50.5 Å². The van der Waals surface area contributed by atoms with Crippen LogP contribution in [0, 0.1) is 13.8 Å². The van der Waals surface area contributed by atoms with Gasteiger partial charge in [-0.15, -0.1) is 5.10 Å². The van der Waals surface area contributed by atoms with Crippen LogP contribution in [0.4, 0.5) is 0 Å². The van der Waals surface area contributed by atoms with Gasteiger partial charge in [0.2, 0.25) is 0 Å². The highest BCUT2D eigenvalue weighted by Gasteiger charge is 2.34. The Morgan fingerprint density at radius 2 is 1.83 bits per heavy atom. The molecular formula is C28H40N6O. The summed E-state index contributed by atoms with van der Waals surface area (Å²) in [5.41, 5.74) is 4.17. The van der Waals surface area contributed by atoms with Gasteiger partial charge in [0, 0.05) is 18.2 Å². The van der Waals surface area contributed by atoms with Crippen molar-refractivity contribution in [3.05, 3.63) is 51.1 Å². The van der Waals surface area contributed by atoms with E-state index in [2.05, 4.69) is 69.1 Å². The zero-order valence-corrected chi connectivity index (χ0v) is 21.6. The first-order chi connectivity index (χ1) is 17.1. The van der Waals surface area contributed by atoms with E-state index in [1.54, 1.807) is 0 Å². The Hall–Kier alpha value is -2.54. The molecule has 2 saturated carbocycles. The summed E-state index contributed by atoms with van der Waals surface area (Å²) in [6.45, 7) is 7.04. The average Bonchev–Trinajstić information content (AvgIpc) is 3.58. The fourth-order valence-electron chi connectivity index (χ4n) is 6.34. The molecule has 35 heavy (non-hydrogen) atoms. The summed E-state index contributed by atoms with van der Waals surface area (Å²) in [4.78, 5) is 19.1. The van der Waals surface area contributed by atoms with E-state index in [0.29, 0.717) is 18.6 Å². The molecule has 2 aliphatic carbocycles. The predicted octanol–water partition coefficient (Wildman–Crippen LogP) is 5.92. The van der Waals surface area contributed by atoms with E-state index in [4.69, 9.17) is 0 Å². The highest BCUT2D eigenvalue weighted by atomic mass is 16.1. The molecule has 0 spiro atoms. The number of fused-ring (bicyclic) bond motifs is 1. The number of rotatable bonds is 8. The van der Waals surface area contributed by atoms with Crippen LogP contribution in [0.1, 0.15) is 112 Å². The van der Waals surface area contributed by atoms with Crippen molar-refractivity contribution < 1.29 is 0 Å². The largest absolute Gasteiger partial charge is 0.321 e. The van der Waals surface area contributed by atoms with Crippen LogP contribution in [0.2, 0.25) is 0 Å². The molecule has 0 unspecified atom stereocenters. The SMILES string of the molecule is CCC[C@@H](c1nnnn1C1CCCCC1)N(Cc1cc2ccc(C)c(C)c2[nH]c1=O)C1CCCC1. The van der Waals surface area contributed by atoms with E-state index in [0.717, 1.165) is 53.5 Å². The summed E-state index contributed by atoms with van der Waals surface area (Å²) in [5, 5.41) is 14.4. The number of pyridine rings is 1. The lowest BCUT2D eigenvalue weighted by Crippen LogP contribution is -2.39. The molecule has 0 bridgehead atoms. The van der Waals surface area contributed by atoms with Gasteiger partial charge in [-0.1, -0.05) is 57.6 Å². The molecule has 7 heteroatoms. The first-order valence-corrected chi connectivity index (χ1v) is 13.7. The maximum absolute atomic E-state index is 13.3. The van der Waals surface area contributed by atoms with Gasteiger partial charge < -0.3 is 4.98 Å². The molecule has 0 radical (unpaired) electrons. The molecular weight excluding hydrogens is 436 g/mol. The summed E-state index contributed by atoms with van der Waals surface area (Å²) >= 11 is 0. The molecule has 3 aromatic rings. The van der Waals surface area contributed by atoms with Gasteiger partial charge in [0.15, 0.2) is 5.82 Å². The standard InChI is InChI=1S/C28H40N6O/c1-4-10-25(27-30-31-32-34(27)24-13-6-5-7-14-24)33(23-11-8-9-12-23)18-22-17-21-16-15-19(2)20(3)26(21)29-28(22)35/h15-17,23-25H,4-14,18H2,1-3H3,(H,29,35)/t25-/m0/s1. The van der Waals surface area contributed by atoms with Gasteiger partial charge in [-0.05, 0) is 79.0 Å². The number of aryl methyl sites for hydroxylation is 2. The van der Waals surface area contributed by atoms with E-state index in [9.17, 15) is 4.79 Å². The number of aromatic amines is 1. The number of benzene rings is 1. The molecule has 1 atom stereocenters. The van der Waals surface area contributed by atoms with Gasteiger partial charge in [-0.25, -0.2) is 4.68 Å². The molecule has 2 aromatic heterocycles. The van der Waals surface area contributed by atoms with Crippen LogP contribution >= 0.6 is 0 Å². The second kappa shape index (κ2) is 10.6. The fourth-order valence-corrected chi connectivity index (χ4v) is 6.34. The van der Waals surface area contributed by atoms with Gasteiger partial charge in [0.05, 0.1) is 17.6 Å². The Bertz CT molecular complexity index is 1200. The first-order valence-electron chi connectivity index (χ1n) is 13.7. The van der Waals surface area contributed by atoms with Gasteiger partial charge >= 0.3 is 0 Å². The fraction of sp³-hybridized carbons (Fsp3) is 0.643. The van der Waals surface area contributed by atoms with Gasteiger partial charge in [0.1, 0.15) is 0 Å². The number of hydrogen-bond donors (Lipinski definition) is 1. The zero-order chi connectivity index (χ0) is 24.4. The van der Waals surface area contributed by atoms with Crippen LogP contribution in [0.25, 0.3) is 10.9 Å². The number of nitrogens with zero attached hydrogens (tertiary/aromatic N) is 5. The molecule has 0 amide bonds. The van der Waals surface area contributed by atoms with Crippen LogP contribution < -0.4 is 5.56 Å². The van der Waals surface area contributed by atoms with Crippen molar-refractivity contribution in [2.24, 2.45) is 0 Å². The molecule has 2 aliphatic rings. The molecule has 2 fully saturated rings. The maximum atomic E-state index is 13.3. The Morgan fingerprint density at radius 3 is 2.57 bits per heavy atom. The number of tetrazole rings is 1. The number of aromatic nitrogens is 5. The van der Waals surface area contributed by atoms with E-state index < -0.39 is 0 Å². The number of hydrogen-bond acceptors (Lipinski definition) is 5. The van der Waals surface area contributed by atoms with Crippen LogP contribution in [0.5, 0.6) is 0 Å². The summed E-state index contributed by atoms with van der Waals surface area (Å²) < 4.78 is 2.14. The molecule has 0 saturated heterocycles. The van der Waals surface area contributed by atoms with Gasteiger partial charge in [-0.2, -0.15) is 0 Å². The maximum Gasteiger partial charge on any atom is 0.252 e. The zero-order valence-electron chi connectivity index (χ0n) is 21.6. The van der Waals surface area contributed by atoms with Crippen molar-refractivity contribution in [2.45, 2.75) is 116 Å². The van der Waals surface area contributed by atoms with Crippen molar-refractivity contribution in [3.63, 3.8) is 0 Å².